The third-order valence-corrected chi connectivity index (χ3v) is 7.54. The maximum atomic E-state index is 13.2. The predicted octanol–water partition coefficient (Wildman–Crippen LogP) is 6.86. The number of hydrogen-bond acceptors (Lipinski definition) is 2. The van der Waals surface area contributed by atoms with E-state index in [0.717, 1.165) is 37.1 Å². The van der Waals surface area contributed by atoms with Gasteiger partial charge in [-0.1, -0.05) is 71.8 Å². The first-order chi connectivity index (χ1) is 17.4. The lowest BCUT2D eigenvalue weighted by Gasteiger charge is -2.24. The molecule has 2 heterocycles. The van der Waals surface area contributed by atoms with Crippen molar-refractivity contribution in [1.82, 2.24) is 9.88 Å². The molecule has 1 aliphatic rings. The maximum absolute atomic E-state index is 13.2. The van der Waals surface area contributed by atoms with Crippen molar-refractivity contribution in [2.24, 2.45) is 0 Å². The van der Waals surface area contributed by atoms with Gasteiger partial charge < -0.3 is 14.6 Å². The van der Waals surface area contributed by atoms with E-state index in [-0.39, 0.29) is 17.4 Å². The summed E-state index contributed by atoms with van der Waals surface area (Å²) in [6.45, 7) is 6.26. The molecule has 1 fully saturated rings. The number of fused-ring (bicyclic) bond motifs is 1. The SMILES string of the molecule is Cc1ccc(Cn2cc([C@H](CC(=O)NC[C@]3(C)CCCO3)c3ccc(Cl)cc3)c3ccccc32)cc1. The number of benzene rings is 3. The summed E-state index contributed by atoms with van der Waals surface area (Å²) in [5, 5.41) is 5.01. The molecule has 4 aromatic rings. The van der Waals surface area contributed by atoms with E-state index in [4.69, 9.17) is 16.3 Å². The number of halogens is 1. The Balaban J connectivity index is 1.48. The fraction of sp³-hybridized carbons (Fsp3) is 0.323. The summed E-state index contributed by atoms with van der Waals surface area (Å²) in [7, 11) is 0. The van der Waals surface area contributed by atoms with Crippen LogP contribution >= 0.6 is 11.6 Å². The molecular weight excluding hydrogens is 468 g/mol. The summed E-state index contributed by atoms with van der Waals surface area (Å²) in [5.41, 5.74) is 5.63. The molecule has 2 atom stereocenters. The van der Waals surface area contributed by atoms with Crippen LogP contribution in [-0.4, -0.2) is 29.2 Å². The van der Waals surface area contributed by atoms with Crippen molar-refractivity contribution in [1.29, 1.82) is 0 Å². The van der Waals surface area contributed by atoms with Crippen molar-refractivity contribution in [2.45, 2.75) is 51.2 Å². The summed E-state index contributed by atoms with van der Waals surface area (Å²) in [5.74, 6) is -0.0641. The minimum absolute atomic E-state index is 0.0297. The summed E-state index contributed by atoms with van der Waals surface area (Å²) in [6, 6.07) is 25.0. The second kappa shape index (κ2) is 10.5. The Kier molecular flexibility index (Phi) is 7.17. The van der Waals surface area contributed by atoms with Gasteiger partial charge in [-0.15, -0.1) is 0 Å². The van der Waals surface area contributed by atoms with E-state index in [1.807, 2.05) is 24.3 Å². The van der Waals surface area contributed by atoms with E-state index in [1.54, 1.807) is 0 Å². The van der Waals surface area contributed by atoms with Crippen molar-refractivity contribution < 1.29 is 9.53 Å². The van der Waals surface area contributed by atoms with E-state index >= 15 is 0 Å². The maximum Gasteiger partial charge on any atom is 0.221 e. The second-order valence-corrected chi connectivity index (χ2v) is 10.6. The van der Waals surface area contributed by atoms with Gasteiger partial charge in [-0.3, -0.25) is 4.79 Å². The quantitative estimate of drug-likeness (QED) is 0.287. The first-order valence-corrected chi connectivity index (χ1v) is 13.1. The Labute approximate surface area is 218 Å². The van der Waals surface area contributed by atoms with Gasteiger partial charge in [-0.05, 0) is 61.6 Å². The van der Waals surface area contributed by atoms with E-state index in [1.165, 1.54) is 22.0 Å². The minimum atomic E-state index is -0.268. The molecule has 36 heavy (non-hydrogen) atoms. The van der Waals surface area contributed by atoms with E-state index in [9.17, 15) is 4.79 Å². The normalized spacial score (nSPS) is 18.4. The van der Waals surface area contributed by atoms with E-state index in [0.29, 0.717) is 18.0 Å². The molecule has 0 aliphatic carbocycles. The highest BCUT2D eigenvalue weighted by Crippen LogP contribution is 2.36. The summed E-state index contributed by atoms with van der Waals surface area (Å²) < 4.78 is 8.17. The number of para-hydroxylation sites is 1. The van der Waals surface area contributed by atoms with Crippen LogP contribution in [-0.2, 0) is 16.1 Å². The standard InChI is InChI=1S/C31H33ClN2O2/c1-22-8-10-23(11-9-22)19-34-20-28(26-6-3-4-7-29(26)34)27(24-12-14-25(32)15-13-24)18-30(35)33-21-31(2)16-5-17-36-31/h3-4,6-15,20,27H,5,16-19,21H2,1-2H3,(H,33,35)/t27-,31+/m1/s1. The Morgan fingerprint density at radius 2 is 1.83 bits per heavy atom. The smallest absolute Gasteiger partial charge is 0.221 e. The lowest BCUT2D eigenvalue weighted by atomic mass is 9.88. The van der Waals surface area contributed by atoms with Crippen LogP contribution in [0.15, 0.2) is 79.0 Å². The van der Waals surface area contributed by atoms with Gasteiger partial charge in [0, 0.05) is 54.2 Å². The summed E-state index contributed by atoms with van der Waals surface area (Å²) >= 11 is 6.21. The van der Waals surface area contributed by atoms with Crippen LogP contribution in [0.5, 0.6) is 0 Å². The first kappa shape index (κ1) is 24.6. The number of aromatic nitrogens is 1. The number of carbonyl (C=O) groups is 1. The van der Waals surface area contributed by atoms with Gasteiger partial charge >= 0.3 is 0 Å². The molecule has 1 aliphatic heterocycles. The van der Waals surface area contributed by atoms with Crippen LogP contribution in [0.1, 0.15) is 54.4 Å². The molecule has 1 aromatic heterocycles. The van der Waals surface area contributed by atoms with Gasteiger partial charge in [0.25, 0.3) is 0 Å². The summed E-state index contributed by atoms with van der Waals surface area (Å²) in [4.78, 5) is 13.2. The number of amides is 1. The Morgan fingerprint density at radius 1 is 1.08 bits per heavy atom. The Bertz CT molecular complexity index is 1340. The molecule has 1 saturated heterocycles. The van der Waals surface area contributed by atoms with Crippen molar-refractivity contribution >= 4 is 28.4 Å². The number of carbonyl (C=O) groups excluding carboxylic acids is 1. The number of aryl methyl sites for hydroxylation is 1. The Morgan fingerprint density at radius 3 is 2.56 bits per heavy atom. The van der Waals surface area contributed by atoms with Crippen molar-refractivity contribution in [3.63, 3.8) is 0 Å². The molecule has 1 N–H and O–H groups in total. The topological polar surface area (TPSA) is 43.3 Å². The average Bonchev–Trinajstić information content (AvgIpc) is 3.48. The molecule has 5 rings (SSSR count). The zero-order valence-corrected chi connectivity index (χ0v) is 21.7. The number of ether oxygens (including phenoxy) is 1. The summed E-state index contributed by atoms with van der Waals surface area (Å²) in [6.07, 6.45) is 4.59. The van der Waals surface area contributed by atoms with Crippen LogP contribution in [0.3, 0.4) is 0 Å². The van der Waals surface area contributed by atoms with Crippen molar-refractivity contribution in [3.05, 3.63) is 106 Å². The van der Waals surface area contributed by atoms with Crippen molar-refractivity contribution in [3.8, 4) is 0 Å². The zero-order chi connectivity index (χ0) is 25.1. The molecule has 0 radical (unpaired) electrons. The van der Waals surface area contributed by atoms with Crippen LogP contribution in [0.25, 0.3) is 10.9 Å². The van der Waals surface area contributed by atoms with Gasteiger partial charge in [-0.2, -0.15) is 0 Å². The monoisotopic (exact) mass is 500 g/mol. The molecule has 4 nitrogen and oxygen atoms in total. The highest BCUT2D eigenvalue weighted by molar-refractivity contribution is 6.30. The molecule has 0 saturated carbocycles. The third-order valence-electron chi connectivity index (χ3n) is 7.29. The first-order valence-electron chi connectivity index (χ1n) is 12.7. The molecule has 5 heteroatoms. The van der Waals surface area contributed by atoms with Gasteiger partial charge in [0.05, 0.1) is 5.60 Å². The molecule has 186 valence electrons. The predicted molar refractivity (Wildman–Crippen MR) is 147 cm³/mol. The molecule has 1 amide bonds. The van der Waals surface area contributed by atoms with Gasteiger partial charge in [-0.25, -0.2) is 0 Å². The third kappa shape index (κ3) is 5.50. The molecule has 0 bridgehead atoms. The van der Waals surface area contributed by atoms with E-state index < -0.39 is 0 Å². The van der Waals surface area contributed by atoms with Crippen molar-refractivity contribution in [2.75, 3.05) is 13.2 Å². The number of hydrogen-bond donors (Lipinski definition) is 1. The minimum Gasteiger partial charge on any atom is -0.373 e. The number of nitrogens with one attached hydrogen (secondary N) is 1. The van der Waals surface area contributed by atoms with Crippen LogP contribution in [0.4, 0.5) is 0 Å². The van der Waals surface area contributed by atoms with Gasteiger partial charge in [0.15, 0.2) is 0 Å². The highest BCUT2D eigenvalue weighted by atomic mass is 35.5. The fourth-order valence-electron chi connectivity index (χ4n) is 5.20. The highest BCUT2D eigenvalue weighted by Gasteiger charge is 2.31. The lowest BCUT2D eigenvalue weighted by Crippen LogP contribution is -2.40. The fourth-order valence-corrected chi connectivity index (χ4v) is 5.32. The molecule has 0 unspecified atom stereocenters. The second-order valence-electron chi connectivity index (χ2n) is 10.2. The number of nitrogens with zero attached hydrogens (tertiary/aromatic N) is 1. The van der Waals surface area contributed by atoms with Gasteiger partial charge in [0.1, 0.15) is 0 Å². The number of rotatable bonds is 8. The van der Waals surface area contributed by atoms with Gasteiger partial charge in [0.2, 0.25) is 5.91 Å². The van der Waals surface area contributed by atoms with E-state index in [2.05, 4.69) is 78.5 Å². The largest absolute Gasteiger partial charge is 0.373 e. The molecule has 3 aromatic carbocycles. The zero-order valence-electron chi connectivity index (χ0n) is 21.0. The van der Waals surface area contributed by atoms with Crippen LogP contribution < -0.4 is 5.32 Å². The van der Waals surface area contributed by atoms with Crippen LogP contribution in [0, 0.1) is 6.92 Å². The molecular formula is C31H33ClN2O2. The lowest BCUT2D eigenvalue weighted by molar-refractivity contribution is -0.122. The molecule has 0 spiro atoms. The van der Waals surface area contributed by atoms with Crippen LogP contribution in [0.2, 0.25) is 5.02 Å². The average molecular weight is 501 g/mol. The Hall–Kier alpha value is -3.08.